The molecule has 0 saturated carbocycles. The van der Waals surface area contributed by atoms with Crippen LogP contribution in [0.2, 0.25) is 0 Å². The van der Waals surface area contributed by atoms with E-state index in [1.54, 1.807) is 13.2 Å². The van der Waals surface area contributed by atoms with Gasteiger partial charge in [0.05, 0.1) is 6.61 Å². The van der Waals surface area contributed by atoms with Crippen LogP contribution in [-0.2, 0) is 20.9 Å². The molecule has 1 heterocycles. The first-order chi connectivity index (χ1) is 9.72. The second-order valence-corrected chi connectivity index (χ2v) is 4.43. The van der Waals surface area contributed by atoms with Gasteiger partial charge in [0, 0.05) is 19.2 Å². The Morgan fingerprint density at radius 1 is 1.35 bits per heavy atom. The summed E-state index contributed by atoms with van der Waals surface area (Å²) in [6.07, 6.45) is 1.65. The second kappa shape index (κ2) is 6.86. The van der Waals surface area contributed by atoms with E-state index in [-0.39, 0.29) is 12.5 Å². The van der Waals surface area contributed by atoms with E-state index in [0.717, 1.165) is 10.5 Å². The Labute approximate surface area is 117 Å². The van der Waals surface area contributed by atoms with E-state index < -0.39 is 6.09 Å². The quantitative estimate of drug-likeness (QED) is 0.790. The van der Waals surface area contributed by atoms with Crippen molar-refractivity contribution in [2.24, 2.45) is 0 Å². The van der Waals surface area contributed by atoms with Crippen LogP contribution in [0, 0.1) is 0 Å². The topological polar surface area (TPSA) is 55.8 Å². The second-order valence-electron chi connectivity index (χ2n) is 4.43. The lowest BCUT2D eigenvalue weighted by Gasteiger charge is -2.13. The summed E-state index contributed by atoms with van der Waals surface area (Å²) in [7, 11) is 1.56. The molecule has 0 unspecified atom stereocenters. The van der Waals surface area contributed by atoms with Crippen LogP contribution < -0.4 is 0 Å². The van der Waals surface area contributed by atoms with Gasteiger partial charge in [-0.2, -0.15) is 0 Å². The summed E-state index contributed by atoms with van der Waals surface area (Å²) in [5, 5.41) is 0. The van der Waals surface area contributed by atoms with Crippen molar-refractivity contribution in [1.82, 2.24) is 4.90 Å². The molecule has 1 aliphatic heterocycles. The molecule has 1 aromatic rings. The lowest BCUT2D eigenvalue weighted by Crippen LogP contribution is -2.32. The summed E-state index contributed by atoms with van der Waals surface area (Å²) >= 11 is 0. The summed E-state index contributed by atoms with van der Waals surface area (Å²) < 4.78 is 10.0. The van der Waals surface area contributed by atoms with Crippen molar-refractivity contribution in [3.8, 4) is 0 Å². The highest BCUT2D eigenvalue weighted by molar-refractivity contribution is 6.04. The molecule has 5 heteroatoms. The first-order valence-corrected chi connectivity index (χ1v) is 6.43. The Balaban J connectivity index is 1.89. The maximum absolute atomic E-state index is 12.0. The van der Waals surface area contributed by atoms with Crippen LogP contribution in [0.15, 0.2) is 42.0 Å². The minimum Gasteiger partial charge on any atom is -0.444 e. The molecular weight excluding hydrogens is 258 g/mol. The third-order valence-corrected chi connectivity index (χ3v) is 3.05. The zero-order valence-corrected chi connectivity index (χ0v) is 11.4. The molecule has 1 aliphatic rings. The Hall–Kier alpha value is -2.14. The molecule has 106 valence electrons. The Morgan fingerprint density at radius 3 is 2.80 bits per heavy atom. The number of imide groups is 1. The van der Waals surface area contributed by atoms with Gasteiger partial charge in [0.2, 0.25) is 0 Å². The number of benzene rings is 1. The number of likely N-dealkylation sites (tertiary alicyclic amines) is 1. The summed E-state index contributed by atoms with van der Waals surface area (Å²) in [5.41, 5.74) is 1.49. The summed E-state index contributed by atoms with van der Waals surface area (Å²) in [4.78, 5) is 25.0. The first-order valence-electron chi connectivity index (χ1n) is 6.43. The van der Waals surface area contributed by atoms with Crippen LogP contribution in [0.3, 0.4) is 0 Å². The van der Waals surface area contributed by atoms with Crippen LogP contribution in [0.5, 0.6) is 0 Å². The van der Waals surface area contributed by atoms with Crippen LogP contribution >= 0.6 is 0 Å². The molecule has 2 rings (SSSR count). The minimum atomic E-state index is -0.598. The number of ether oxygens (including phenoxy) is 2. The van der Waals surface area contributed by atoms with E-state index in [2.05, 4.69) is 0 Å². The number of methoxy groups -OCH3 is 1. The van der Waals surface area contributed by atoms with Gasteiger partial charge in [-0.05, 0) is 12.0 Å². The third-order valence-electron chi connectivity index (χ3n) is 3.05. The maximum atomic E-state index is 12.0. The molecule has 0 aromatic heterocycles. The molecule has 0 aliphatic carbocycles. The van der Waals surface area contributed by atoms with Gasteiger partial charge in [-0.1, -0.05) is 36.4 Å². The molecule has 1 aromatic carbocycles. The Kier molecular flexibility index (Phi) is 4.90. The zero-order chi connectivity index (χ0) is 14.4. The molecule has 0 N–H and O–H groups in total. The largest absolute Gasteiger partial charge is 0.444 e. The number of amides is 2. The predicted octanol–water partition coefficient (Wildman–Crippen LogP) is 2.13. The van der Waals surface area contributed by atoms with Gasteiger partial charge in [-0.15, -0.1) is 0 Å². The SMILES string of the molecule is COCC=C1CCN(C(=O)OCc2ccccc2)C1=O. The van der Waals surface area contributed by atoms with Gasteiger partial charge >= 0.3 is 6.09 Å². The van der Waals surface area contributed by atoms with Crippen molar-refractivity contribution in [3.63, 3.8) is 0 Å². The van der Waals surface area contributed by atoms with Crippen molar-refractivity contribution in [2.45, 2.75) is 13.0 Å². The van der Waals surface area contributed by atoms with Crippen molar-refractivity contribution < 1.29 is 19.1 Å². The molecular formula is C15H17NO4. The average Bonchev–Trinajstić information content (AvgIpc) is 2.85. The fourth-order valence-electron chi connectivity index (χ4n) is 1.96. The molecule has 5 nitrogen and oxygen atoms in total. The zero-order valence-electron chi connectivity index (χ0n) is 11.4. The van der Waals surface area contributed by atoms with E-state index in [1.807, 2.05) is 30.3 Å². The van der Waals surface area contributed by atoms with Gasteiger partial charge in [-0.25, -0.2) is 9.69 Å². The van der Waals surface area contributed by atoms with Gasteiger partial charge in [0.1, 0.15) is 6.61 Å². The number of hydrogen-bond donors (Lipinski definition) is 0. The van der Waals surface area contributed by atoms with E-state index in [0.29, 0.717) is 25.1 Å². The summed E-state index contributed by atoms with van der Waals surface area (Å²) in [6.45, 7) is 0.899. The lowest BCUT2D eigenvalue weighted by atomic mass is 10.2. The van der Waals surface area contributed by atoms with E-state index in [4.69, 9.17) is 9.47 Å². The van der Waals surface area contributed by atoms with Gasteiger partial charge in [-0.3, -0.25) is 4.79 Å². The number of carbonyl (C=O) groups excluding carboxylic acids is 2. The predicted molar refractivity (Wildman–Crippen MR) is 72.9 cm³/mol. The fourth-order valence-corrected chi connectivity index (χ4v) is 1.96. The highest BCUT2D eigenvalue weighted by atomic mass is 16.6. The van der Waals surface area contributed by atoms with Crippen molar-refractivity contribution >= 4 is 12.0 Å². The van der Waals surface area contributed by atoms with Crippen LogP contribution in [0.4, 0.5) is 4.79 Å². The van der Waals surface area contributed by atoms with Crippen LogP contribution in [-0.4, -0.2) is 37.2 Å². The molecule has 1 saturated heterocycles. The van der Waals surface area contributed by atoms with Crippen molar-refractivity contribution in [1.29, 1.82) is 0 Å². The fraction of sp³-hybridized carbons (Fsp3) is 0.333. The Bertz CT molecular complexity index is 510. The molecule has 0 spiro atoms. The lowest BCUT2D eigenvalue weighted by molar-refractivity contribution is -0.123. The minimum absolute atomic E-state index is 0.167. The molecule has 20 heavy (non-hydrogen) atoms. The average molecular weight is 275 g/mol. The van der Waals surface area contributed by atoms with Gasteiger partial charge in [0.25, 0.3) is 5.91 Å². The van der Waals surface area contributed by atoms with Crippen LogP contribution in [0.25, 0.3) is 0 Å². The first kappa shape index (κ1) is 14.3. The normalized spacial score (nSPS) is 16.8. The van der Waals surface area contributed by atoms with E-state index in [1.165, 1.54) is 0 Å². The highest BCUT2D eigenvalue weighted by Crippen LogP contribution is 2.18. The standard InChI is InChI=1S/C15H17NO4/c1-19-10-8-13-7-9-16(14(13)17)15(18)20-11-12-5-3-2-4-6-12/h2-6,8H,7,9-11H2,1H3. The number of rotatable bonds is 4. The van der Waals surface area contributed by atoms with Gasteiger partial charge in [0.15, 0.2) is 0 Å². The smallest absolute Gasteiger partial charge is 0.417 e. The number of carbonyl (C=O) groups is 2. The van der Waals surface area contributed by atoms with E-state index in [9.17, 15) is 9.59 Å². The highest BCUT2D eigenvalue weighted by Gasteiger charge is 2.31. The number of nitrogens with zero attached hydrogens (tertiary/aromatic N) is 1. The maximum Gasteiger partial charge on any atom is 0.417 e. The number of hydrogen-bond acceptors (Lipinski definition) is 4. The molecule has 0 atom stereocenters. The molecule has 0 bridgehead atoms. The third kappa shape index (κ3) is 3.45. The van der Waals surface area contributed by atoms with Gasteiger partial charge < -0.3 is 9.47 Å². The molecule has 1 fully saturated rings. The monoisotopic (exact) mass is 275 g/mol. The molecule has 0 radical (unpaired) electrons. The van der Waals surface area contributed by atoms with Crippen molar-refractivity contribution in [3.05, 3.63) is 47.5 Å². The molecule has 2 amide bonds. The Morgan fingerprint density at radius 2 is 2.10 bits per heavy atom. The van der Waals surface area contributed by atoms with Crippen LogP contribution in [0.1, 0.15) is 12.0 Å². The van der Waals surface area contributed by atoms with E-state index >= 15 is 0 Å². The summed E-state index contributed by atoms with van der Waals surface area (Å²) in [6, 6.07) is 9.36. The summed E-state index contributed by atoms with van der Waals surface area (Å²) in [5.74, 6) is -0.292. The van der Waals surface area contributed by atoms with Crippen molar-refractivity contribution in [2.75, 3.05) is 20.3 Å².